The predicted octanol–water partition coefficient (Wildman–Crippen LogP) is 1.41. The topological polar surface area (TPSA) is 82.9 Å². The molecule has 0 radical (unpaired) electrons. The molecule has 0 saturated carbocycles. The molecule has 27 heavy (non-hydrogen) atoms. The molecule has 7 nitrogen and oxygen atoms in total. The van der Waals surface area contributed by atoms with Crippen LogP contribution < -0.4 is 5.32 Å². The van der Waals surface area contributed by atoms with Crippen LogP contribution >= 0.6 is 0 Å². The van der Waals surface area contributed by atoms with Gasteiger partial charge in [0, 0.05) is 38.3 Å². The standard InChI is InChI=1S/C19H20FN3O4/c20-15-5-2-1-4-14(15)13-21-17(24)12-18(25)22-7-9-23(10-8-22)19(26)16-6-3-11-27-16/h1-6,11H,7-10,12-13H2,(H,21,24). The summed E-state index contributed by atoms with van der Waals surface area (Å²) in [5.74, 6) is -1.12. The Kier molecular flexibility index (Phi) is 5.85. The molecule has 3 amide bonds. The van der Waals surface area contributed by atoms with Crippen LogP contribution in [0.5, 0.6) is 0 Å². The number of carbonyl (C=O) groups is 3. The Morgan fingerprint density at radius 1 is 1.00 bits per heavy atom. The van der Waals surface area contributed by atoms with Crippen molar-refractivity contribution in [1.29, 1.82) is 0 Å². The first-order chi connectivity index (χ1) is 13.0. The van der Waals surface area contributed by atoms with E-state index in [1.54, 1.807) is 40.1 Å². The quantitative estimate of drug-likeness (QED) is 0.804. The summed E-state index contributed by atoms with van der Waals surface area (Å²) in [5, 5.41) is 2.55. The first kappa shape index (κ1) is 18.6. The third kappa shape index (κ3) is 4.72. The maximum absolute atomic E-state index is 13.5. The normalized spacial score (nSPS) is 14.1. The monoisotopic (exact) mass is 373 g/mol. The van der Waals surface area contributed by atoms with Crippen LogP contribution in [0.1, 0.15) is 22.5 Å². The molecule has 2 heterocycles. The second-order valence-electron chi connectivity index (χ2n) is 6.20. The van der Waals surface area contributed by atoms with E-state index in [0.29, 0.717) is 31.7 Å². The molecule has 1 aromatic carbocycles. The fourth-order valence-electron chi connectivity index (χ4n) is 2.86. The van der Waals surface area contributed by atoms with E-state index in [1.807, 2.05) is 0 Å². The highest BCUT2D eigenvalue weighted by Gasteiger charge is 2.26. The number of rotatable bonds is 5. The Balaban J connectivity index is 1.43. The number of hydrogen-bond acceptors (Lipinski definition) is 4. The molecule has 1 aliphatic heterocycles. The highest BCUT2D eigenvalue weighted by molar-refractivity contribution is 5.97. The summed E-state index contributed by atoms with van der Waals surface area (Å²) in [4.78, 5) is 39.6. The van der Waals surface area contributed by atoms with Gasteiger partial charge in [0.15, 0.2) is 5.76 Å². The van der Waals surface area contributed by atoms with Gasteiger partial charge in [-0.1, -0.05) is 18.2 Å². The molecule has 8 heteroatoms. The number of carbonyl (C=O) groups excluding carboxylic acids is 3. The van der Waals surface area contributed by atoms with Crippen molar-refractivity contribution in [2.24, 2.45) is 0 Å². The number of halogens is 1. The minimum atomic E-state index is -0.461. The van der Waals surface area contributed by atoms with Crippen LogP contribution in [0, 0.1) is 5.82 Å². The third-order valence-electron chi connectivity index (χ3n) is 4.40. The Hall–Kier alpha value is -3.16. The van der Waals surface area contributed by atoms with Gasteiger partial charge in [0.2, 0.25) is 11.8 Å². The number of furan rings is 1. The minimum absolute atomic E-state index is 0.0320. The van der Waals surface area contributed by atoms with Crippen molar-refractivity contribution >= 4 is 17.7 Å². The number of amides is 3. The lowest BCUT2D eigenvalue weighted by atomic mass is 10.2. The molecule has 1 aromatic heterocycles. The summed E-state index contributed by atoms with van der Waals surface area (Å²) in [5.41, 5.74) is 0.364. The highest BCUT2D eigenvalue weighted by Crippen LogP contribution is 2.10. The zero-order valence-electron chi connectivity index (χ0n) is 14.7. The summed E-state index contributed by atoms with van der Waals surface area (Å²) in [6.45, 7) is 1.49. The van der Waals surface area contributed by atoms with Crippen LogP contribution in [0.3, 0.4) is 0 Å². The van der Waals surface area contributed by atoms with Crippen LogP contribution in [0.2, 0.25) is 0 Å². The first-order valence-electron chi connectivity index (χ1n) is 8.65. The smallest absolute Gasteiger partial charge is 0.289 e. The summed E-state index contributed by atoms with van der Waals surface area (Å²) >= 11 is 0. The predicted molar refractivity (Wildman–Crippen MR) is 94.1 cm³/mol. The van der Waals surface area contributed by atoms with E-state index < -0.39 is 11.7 Å². The largest absolute Gasteiger partial charge is 0.459 e. The molecule has 1 N–H and O–H groups in total. The molecule has 0 atom stereocenters. The van der Waals surface area contributed by atoms with E-state index in [0.717, 1.165) is 0 Å². The Labute approximate surface area is 155 Å². The van der Waals surface area contributed by atoms with E-state index >= 15 is 0 Å². The maximum Gasteiger partial charge on any atom is 0.289 e. The number of piperazine rings is 1. The zero-order chi connectivity index (χ0) is 19.2. The van der Waals surface area contributed by atoms with E-state index in [-0.39, 0.29) is 30.5 Å². The lowest BCUT2D eigenvalue weighted by Gasteiger charge is -2.34. The van der Waals surface area contributed by atoms with Crippen molar-refractivity contribution in [2.75, 3.05) is 26.2 Å². The number of hydrogen-bond donors (Lipinski definition) is 1. The Morgan fingerprint density at radius 2 is 1.70 bits per heavy atom. The first-order valence-corrected chi connectivity index (χ1v) is 8.65. The number of nitrogens with zero attached hydrogens (tertiary/aromatic N) is 2. The fourth-order valence-corrected chi connectivity index (χ4v) is 2.86. The molecular formula is C19H20FN3O4. The van der Waals surface area contributed by atoms with Crippen molar-refractivity contribution < 1.29 is 23.2 Å². The molecule has 1 saturated heterocycles. The zero-order valence-corrected chi connectivity index (χ0v) is 14.7. The average Bonchev–Trinajstić information content (AvgIpc) is 3.21. The molecule has 0 aliphatic carbocycles. The van der Waals surface area contributed by atoms with Crippen molar-refractivity contribution in [1.82, 2.24) is 15.1 Å². The van der Waals surface area contributed by atoms with Gasteiger partial charge in [-0.3, -0.25) is 14.4 Å². The molecule has 3 rings (SSSR count). The third-order valence-corrected chi connectivity index (χ3v) is 4.40. The molecule has 142 valence electrons. The molecule has 0 spiro atoms. The summed E-state index contributed by atoms with van der Waals surface area (Å²) in [6, 6.07) is 9.38. The Bertz CT molecular complexity index is 814. The van der Waals surface area contributed by atoms with Crippen molar-refractivity contribution in [3.8, 4) is 0 Å². The van der Waals surface area contributed by atoms with E-state index in [1.165, 1.54) is 12.3 Å². The average molecular weight is 373 g/mol. The minimum Gasteiger partial charge on any atom is -0.459 e. The molecule has 0 bridgehead atoms. The summed E-state index contributed by atoms with van der Waals surface area (Å²) < 4.78 is 18.6. The maximum atomic E-state index is 13.5. The molecule has 1 aliphatic rings. The highest BCUT2D eigenvalue weighted by atomic mass is 19.1. The van der Waals surface area contributed by atoms with Gasteiger partial charge in [-0.25, -0.2) is 4.39 Å². The van der Waals surface area contributed by atoms with E-state index in [2.05, 4.69) is 5.32 Å². The molecular weight excluding hydrogens is 353 g/mol. The molecule has 0 unspecified atom stereocenters. The van der Waals surface area contributed by atoms with Crippen LogP contribution in [0.4, 0.5) is 4.39 Å². The SMILES string of the molecule is O=C(CC(=O)N1CCN(C(=O)c2ccco2)CC1)NCc1ccccc1F. The van der Waals surface area contributed by atoms with Gasteiger partial charge in [0.05, 0.1) is 6.26 Å². The van der Waals surface area contributed by atoms with E-state index in [4.69, 9.17) is 4.42 Å². The van der Waals surface area contributed by atoms with Gasteiger partial charge < -0.3 is 19.5 Å². The van der Waals surface area contributed by atoms with Gasteiger partial charge in [-0.2, -0.15) is 0 Å². The lowest BCUT2D eigenvalue weighted by Crippen LogP contribution is -2.51. The number of benzene rings is 1. The van der Waals surface area contributed by atoms with Gasteiger partial charge in [0.25, 0.3) is 5.91 Å². The van der Waals surface area contributed by atoms with Crippen LogP contribution in [-0.4, -0.2) is 53.7 Å². The van der Waals surface area contributed by atoms with Gasteiger partial charge >= 0.3 is 0 Å². The second-order valence-corrected chi connectivity index (χ2v) is 6.20. The van der Waals surface area contributed by atoms with Gasteiger partial charge in [0.1, 0.15) is 12.2 Å². The van der Waals surface area contributed by atoms with Crippen molar-refractivity contribution in [3.05, 3.63) is 59.8 Å². The Morgan fingerprint density at radius 3 is 2.37 bits per heavy atom. The summed E-state index contributed by atoms with van der Waals surface area (Å²) in [6.07, 6.45) is 1.13. The van der Waals surface area contributed by atoms with E-state index in [9.17, 15) is 18.8 Å². The van der Waals surface area contributed by atoms with Crippen molar-refractivity contribution in [2.45, 2.75) is 13.0 Å². The van der Waals surface area contributed by atoms with Crippen LogP contribution in [0.25, 0.3) is 0 Å². The summed E-state index contributed by atoms with van der Waals surface area (Å²) in [7, 11) is 0. The molecule has 1 fully saturated rings. The van der Waals surface area contributed by atoms with Crippen molar-refractivity contribution in [3.63, 3.8) is 0 Å². The van der Waals surface area contributed by atoms with Crippen LogP contribution in [-0.2, 0) is 16.1 Å². The fraction of sp³-hybridized carbons (Fsp3) is 0.316. The second kappa shape index (κ2) is 8.48. The van der Waals surface area contributed by atoms with Crippen LogP contribution in [0.15, 0.2) is 47.1 Å². The lowest BCUT2D eigenvalue weighted by molar-refractivity contribution is -0.137. The van der Waals surface area contributed by atoms with Gasteiger partial charge in [-0.15, -0.1) is 0 Å². The number of nitrogens with one attached hydrogen (secondary N) is 1. The molecule has 2 aromatic rings. The van der Waals surface area contributed by atoms with Gasteiger partial charge in [-0.05, 0) is 18.2 Å².